The minimum Gasteiger partial charge on any atom is -0.306 e. The van der Waals surface area contributed by atoms with E-state index in [1.807, 2.05) is 0 Å². The van der Waals surface area contributed by atoms with E-state index in [2.05, 4.69) is 48.8 Å². The highest BCUT2D eigenvalue weighted by Gasteiger charge is 2.19. The molecule has 0 unspecified atom stereocenters. The summed E-state index contributed by atoms with van der Waals surface area (Å²) in [6.07, 6.45) is 4.49. The molecule has 102 valence electrons. The van der Waals surface area contributed by atoms with Gasteiger partial charge in [-0.2, -0.15) is 5.10 Å². The monoisotopic (exact) mass is 258 g/mol. The number of hydrogen-bond acceptors (Lipinski definition) is 3. The standard InChI is InChI=1S/C15H22N4/c1-11(2)13-4-5-14-15(16-13)10-19(17-14)12-6-8-18(3)9-7-12/h4-5,10-12H,6-9H2,1-3H3. The van der Waals surface area contributed by atoms with Crippen molar-refractivity contribution < 1.29 is 0 Å². The summed E-state index contributed by atoms with van der Waals surface area (Å²) in [5, 5.41) is 4.70. The highest BCUT2D eigenvalue weighted by molar-refractivity contribution is 5.73. The van der Waals surface area contributed by atoms with Crippen LogP contribution in [0.25, 0.3) is 11.0 Å². The topological polar surface area (TPSA) is 34.0 Å². The number of hydrogen-bond donors (Lipinski definition) is 0. The number of piperidine rings is 1. The molecule has 3 heterocycles. The second kappa shape index (κ2) is 4.93. The van der Waals surface area contributed by atoms with Crippen LogP contribution in [-0.4, -0.2) is 39.8 Å². The van der Waals surface area contributed by atoms with Crippen molar-refractivity contribution in [1.29, 1.82) is 0 Å². The Morgan fingerprint density at radius 3 is 2.58 bits per heavy atom. The summed E-state index contributed by atoms with van der Waals surface area (Å²) in [7, 11) is 2.19. The summed E-state index contributed by atoms with van der Waals surface area (Å²) in [5.74, 6) is 0.469. The van der Waals surface area contributed by atoms with Gasteiger partial charge in [-0.15, -0.1) is 0 Å². The molecule has 1 aliphatic rings. The molecule has 0 amide bonds. The highest BCUT2D eigenvalue weighted by Crippen LogP contribution is 2.24. The maximum atomic E-state index is 4.71. The Morgan fingerprint density at radius 2 is 1.89 bits per heavy atom. The summed E-state index contributed by atoms with van der Waals surface area (Å²) >= 11 is 0. The number of nitrogens with zero attached hydrogens (tertiary/aromatic N) is 4. The van der Waals surface area contributed by atoms with Gasteiger partial charge in [-0.3, -0.25) is 4.68 Å². The summed E-state index contributed by atoms with van der Waals surface area (Å²) in [6.45, 7) is 6.67. The van der Waals surface area contributed by atoms with Gasteiger partial charge in [0.15, 0.2) is 0 Å². The summed E-state index contributed by atoms with van der Waals surface area (Å²) in [4.78, 5) is 7.10. The first-order valence-corrected chi connectivity index (χ1v) is 7.18. The maximum Gasteiger partial charge on any atom is 0.111 e. The van der Waals surface area contributed by atoms with Crippen LogP contribution < -0.4 is 0 Å². The molecule has 0 N–H and O–H groups in total. The van der Waals surface area contributed by atoms with Crippen molar-refractivity contribution in [2.24, 2.45) is 0 Å². The lowest BCUT2D eigenvalue weighted by Crippen LogP contribution is -2.31. The van der Waals surface area contributed by atoms with Crippen LogP contribution in [0.5, 0.6) is 0 Å². The Kier molecular flexibility index (Phi) is 3.27. The maximum absolute atomic E-state index is 4.71. The molecule has 19 heavy (non-hydrogen) atoms. The van der Waals surface area contributed by atoms with Gasteiger partial charge in [0, 0.05) is 5.69 Å². The molecule has 4 nitrogen and oxygen atoms in total. The van der Waals surface area contributed by atoms with Crippen molar-refractivity contribution in [1.82, 2.24) is 19.7 Å². The normalized spacial score (nSPS) is 18.5. The van der Waals surface area contributed by atoms with E-state index >= 15 is 0 Å². The fourth-order valence-corrected chi connectivity index (χ4v) is 2.71. The van der Waals surface area contributed by atoms with Gasteiger partial charge < -0.3 is 4.90 Å². The number of fused-ring (bicyclic) bond motifs is 1. The fraction of sp³-hybridized carbons (Fsp3) is 0.600. The van der Waals surface area contributed by atoms with Gasteiger partial charge in [0.05, 0.1) is 12.2 Å². The van der Waals surface area contributed by atoms with Gasteiger partial charge >= 0.3 is 0 Å². The SMILES string of the molecule is CC(C)c1ccc2nn(C3CCN(C)CC3)cc2n1. The quantitative estimate of drug-likeness (QED) is 0.830. The number of pyridine rings is 1. The molecule has 0 aromatic carbocycles. The van der Waals surface area contributed by atoms with Crippen molar-refractivity contribution in [2.75, 3.05) is 20.1 Å². The van der Waals surface area contributed by atoms with Gasteiger partial charge in [-0.25, -0.2) is 4.98 Å². The minimum absolute atomic E-state index is 0.469. The fourth-order valence-electron chi connectivity index (χ4n) is 2.71. The molecule has 3 rings (SSSR count). The van der Waals surface area contributed by atoms with Crippen molar-refractivity contribution in [3.8, 4) is 0 Å². The molecular weight excluding hydrogens is 236 g/mol. The van der Waals surface area contributed by atoms with Crippen LogP contribution >= 0.6 is 0 Å². The van der Waals surface area contributed by atoms with Gasteiger partial charge in [0.2, 0.25) is 0 Å². The van der Waals surface area contributed by atoms with Crippen LogP contribution in [0.4, 0.5) is 0 Å². The van der Waals surface area contributed by atoms with Crippen molar-refractivity contribution >= 4 is 11.0 Å². The van der Waals surface area contributed by atoms with Crippen molar-refractivity contribution in [2.45, 2.75) is 38.6 Å². The highest BCUT2D eigenvalue weighted by atomic mass is 15.3. The zero-order valence-electron chi connectivity index (χ0n) is 12.0. The van der Waals surface area contributed by atoms with E-state index in [0.717, 1.165) is 29.8 Å². The molecule has 4 heteroatoms. The van der Waals surface area contributed by atoms with E-state index in [0.29, 0.717) is 12.0 Å². The first-order valence-electron chi connectivity index (χ1n) is 7.18. The van der Waals surface area contributed by atoms with Gasteiger partial charge in [-0.1, -0.05) is 13.8 Å². The molecule has 2 aromatic rings. The predicted octanol–water partition coefficient (Wildman–Crippen LogP) is 2.82. The van der Waals surface area contributed by atoms with Crippen LogP contribution in [0, 0.1) is 0 Å². The summed E-state index contributed by atoms with van der Waals surface area (Å²) in [5.41, 5.74) is 3.20. The van der Waals surface area contributed by atoms with E-state index < -0.39 is 0 Å². The molecule has 1 aliphatic heterocycles. The molecule has 0 radical (unpaired) electrons. The third-order valence-corrected chi connectivity index (χ3v) is 4.06. The third kappa shape index (κ3) is 2.50. The van der Waals surface area contributed by atoms with Gasteiger partial charge in [-0.05, 0) is 51.0 Å². The second-order valence-corrected chi connectivity index (χ2v) is 5.94. The van der Waals surface area contributed by atoms with Crippen LogP contribution in [0.2, 0.25) is 0 Å². The van der Waals surface area contributed by atoms with E-state index in [9.17, 15) is 0 Å². The first kappa shape index (κ1) is 12.6. The largest absolute Gasteiger partial charge is 0.306 e. The molecular formula is C15H22N4. The lowest BCUT2D eigenvalue weighted by Gasteiger charge is -2.28. The molecule has 0 atom stereocenters. The Morgan fingerprint density at radius 1 is 1.16 bits per heavy atom. The van der Waals surface area contributed by atoms with Crippen molar-refractivity contribution in [3.63, 3.8) is 0 Å². The van der Waals surface area contributed by atoms with Crippen molar-refractivity contribution in [3.05, 3.63) is 24.0 Å². The molecule has 1 fully saturated rings. The Labute approximate surface area is 114 Å². The zero-order valence-corrected chi connectivity index (χ0v) is 12.0. The molecule has 1 saturated heterocycles. The number of rotatable bonds is 2. The van der Waals surface area contributed by atoms with Gasteiger partial charge in [0.1, 0.15) is 11.0 Å². The second-order valence-electron chi connectivity index (χ2n) is 5.94. The Balaban J connectivity index is 1.89. The van der Waals surface area contributed by atoms with E-state index in [1.54, 1.807) is 0 Å². The first-order chi connectivity index (χ1) is 9.13. The number of aromatic nitrogens is 3. The van der Waals surface area contributed by atoms with Crippen LogP contribution in [0.3, 0.4) is 0 Å². The lowest BCUT2D eigenvalue weighted by molar-refractivity contribution is 0.213. The minimum atomic E-state index is 0.469. The average molecular weight is 258 g/mol. The lowest BCUT2D eigenvalue weighted by atomic mass is 10.1. The number of likely N-dealkylation sites (tertiary alicyclic amines) is 1. The van der Waals surface area contributed by atoms with Gasteiger partial charge in [0.25, 0.3) is 0 Å². The smallest absolute Gasteiger partial charge is 0.111 e. The zero-order chi connectivity index (χ0) is 13.4. The Hall–Kier alpha value is -1.42. The Bertz CT molecular complexity index is 565. The summed E-state index contributed by atoms with van der Waals surface area (Å²) < 4.78 is 2.13. The van der Waals surface area contributed by atoms with E-state index in [4.69, 9.17) is 10.1 Å². The van der Waals surface area contributed by atoms with Crippen LogP contribution in [-0.2, 0) is 0 Å². The van der Waals surface area contributed by atoms with E-state index in [1.165, 1.54) is 12.8 Å². The molecule has 0 aliphatic carbocycles. The summed E-state index contributed by atoms with van der Waals surface area (Å²) in [6, 6.07) is 4.73. The predicted molar refractivity (Wildman–Crippen MR) is 77.4 cm³/mol. The molecule has 0 bridgehead atoms. The molecule has 2 aromatic heterocycles. The molecule has 0 saturated carbocycles. The van der Waals surface area contributed by atoms with Crippen LogP contribution in [0.1, 0.15) is 44.3 Å². The molecule has 0 spiro atoms. The third-order valence-electron chi connectivity index (χ3n) is 4.06. The van der Waals surface area contributed by atoms with E-state index in [-0.39, 0.29) is 0 Å². The van der Waals surface area contributed by atoms with Crippen LogP contribution in [0.15, 0.2) is 18.3 Å². The average Bonchev–Trinajstić information content (AvgIpc) is 2.82.